The maximum atomic E-state index is 11.1. The van der Waals surface area contributed by atoms with Crippen molar-refractivity contribution in [2.24, 2.45) is 0 Å². The van der Waals surface area contributed by atoms with Crippen molar-refractivity contribution in [3.63, 3.8) is 0 Å². The quantitative estimate of drug-likeness (QED) is 0.733. The summed E-state index contributed by atoms with van der Waals surface area (Å²) >= 11 is 0.467. The van der Waals surface area contributed by atoms with Gasteiger partial charge in [-0.05, 0) is 0 Å². The number of aromatic nitrogens is 1. The molecule has 0 radical (unpaired) electrons. The van der Waals surface area contributed by atoms with Gasteiger partial charge in [0, 0.05) is 22.1 Å². The molecule has 0 amide bonds. The normalized spacial score (nSPS) is 12.7. The second-order valence-corrected chi connectivity index (χ2v) is 5.23. The molecule has 2 nitrogen and oxygen atoms in total. The van der Waals surface area contributed by atoms with Crippen molar-refractivity contribution < 1.29 is 4.55 Å². The average molecular weight is 223 g/mol. The molecule has 0 aliphatic rings. The number of hydrogen-bond acceptors (Lipinski definition) is 3. The number of thiazole rings is 1. The Morgan fingerprint density at radius 2 is 2.00 bits per heavy atom. The Hall–Kier alpha value is -0.840. The van der Waals surface area contributed by atoms with Gasteiger partial charge < -0.3 is 4.55 Å². The standard InChI is InChI=1S/C10H9NOS2/c1-14(12)10-11-9(7-13-10)8-5-3-2-4-6-8/h2-7H,1H3. The van der Waals surface area contributed by atoms with Crippen LogP contribution in [0, 0.1) is 0 Å². The van der Waals surface area contributed by atoms with Crippen molar-refractivity contribution in [2.45, 2.75) is 4.34 Å². The molecule has 4 heteroatoms. The van der Waals surface area contributed by atoms with Gasteiger partial charge in [-0.25, -0.2) is 0 Å². The Bertz CT molecular complexity index is 411. The van der Waals surface area contributed by atoms with Crippen LogP contribution in [-0.2, 0) is 11.2 Å². The van der Waals surface area contributed by atoms with E-state index in [4.69, 9.17) is 0 Å². The maximum Gasteiger partial charge on any atom is 0.301 e. The third-order valence-electron chi connectivity index (χ3n) is 1.80. The summed E-state index contributed by atoms with van der Waals surface area (Å²) in [5, 5.41) is 1.94. The monoisotopic (exact) mass is 223 g/mol. The van der Waals surface area contributed by atoms with Crippen LogP contribution in [0.4, 0.5) is 0 Å². The van der Waals surface area contributed by atoms with Crippen LogP contribution in [0.2, 0.25) is 0 Å². The molecule has 1 atom stereocenters. The summed E-state index contributed by atoms with van der Waals surface area (Å²) in [4.78, 5) is 4.30. The van der Waals surface area contributed by atoms with E-state index in [0.717, 1.165) is 11.3 Å². The molecule has 14 heavy (non-hydrogen) atoms. The van der Waals surface area contributed by atoms with E-state index >= 15 is 0 Å². The zero-order chi connectivity index (χ0) is 9.97. The van der Waals surface area contributed by atoms with E-state index in [9.17, 15) is 4.55 Å². The predicted molar refractivity (Wildman–Crippen MR) is 59.9 cm³/mol. The van der Waals surface area contributed by atoms with Crippen LogP contribution in [-0.4, -0.2) is 15.8 Å². The fourth-order valence-electron chi connectivity index (χ4n) is 1.13. The van der Waals surface area contributed by atoms with Crippen molar-refractivity contribution in [3.8, 4) is 11.3 Å². The van der Waals surface area contributed by atoms with Gasteiger partial charge in [0.2, 0.25) is 0 Å². The molecule has 2 rings (SSSR count). The van der Waals surface area contributed by atoms with E-state index < -0.39 is 11.2 Å². The molecule has 0 saturated heterocycles. The molecule has 0 saturated carbocycles. The zero-order valence-corrected chi connectivity index (χ0v) is 9.27. The highest BCUT2D eigenvalue weighted by molar-refractivity contribution is 7.92. The van der Waals surface area contributed by atoms with Crippen LogP contribution in [0.1, 0.15) is 0 Å². The van der Waals surface area contributed by atoms with E-state index in [0.29, 0.717) is 4.34 Å². The third kappa shape index (κ3) is 1.97. The van der Waals surface area contributed by atoms with Crippen LogP contribution < -0.4 is 0 Å². The molecule has 1 aromatic carbocycles. The Morgan fingerprint density at radius 1 is 1.29 bits per heavy atom. The van der Waals surface area contributed by atoms with E-state index in [1.807, 2.05) is 35.7 Å². The molecule has 2 aromatic rings. The first-order valence-corrected chi connectivity index (χ1v) is 6.55. The van der Waals surface area contributed by atoms with Gasteiger partial charge in [-0.3, -0.25) is 0 Å². The SMILES string of the molecule is C[S+]([O-])c1nc(-c2ccccc2)cs1. The van der Waals surface area contributed by atoms with Gasteiger partial charge in [-0.1, -0.05) is 41.7 Å². The number of hydrogen-bond donors (Lipinski definition) is 0. The van der Waals surface area contributed by atoms with Crippen LogP contribution in [0.5, 0.6) is 0 Å². The molecule has 0 fully saturated rings. The molecular weight excluding hydrogens is 214 g/mol. The van der Waals surface area contributed by atoms with Gasteiger partial charge >= 0.3 is 4.34 Å². The third-order valence-corrected chi connectivity index (χ3v) is 4.01. The topological polar surface area (TPSA) is 36.0 Å². The number of nitrogens with zero attached hydrogens (tertiary/aromatic N) is 1. The first-order valence-electron chi connectivity index (χ1n) is 4.12. The van der Waals surface area contributed by atoms with Gasteiger partial charge in [-0.15, -0.1) is 0 Å². The van der Waals surface area contributed by atoms with E-state index in [-0.39, 0.29) is 0 Å². The van der Waals surface area contributed by atoms with Crippen molar-refractivity contribution in [3.05, 3.63) is 35.7 Å². The molecule has 1 heterocycles. The van der Waals surface area contributed by atoms with Crippen LogP contribution in [0.15, 0.2) is 40.1 Å². The van der Waals surface area contributed by atoms with E-state index in [2.05, 4.69) is 4.98 Å². The number of rotatable bonds is 2. The molecule has 0 N–H and O–H groups in total. The number of benzene rings is 1. The first kappa shape index (κ1) is 9.71. The molecular formula is C10H9NOS2. The van der Waals surface area contributed by atoms with Gasteiger partial charge in [0.05, 0.1) is 5.69 Å². The summed E-state index contributed by atoms with van der Waals surface area (Å²) in [5.41, 5.74) is 1.97. The summed E-state index contributed by atoms with van der Waals surface area (Å²) in [5.74, 6) is 0. The fraction of sp³-hybridized carbons (Fsp3) is 0.100. The minimum atomic E-state index is -0.974. The van der Waals surface area contributed by atoms with Crippen LogP contribution >= 0.6 is 11.3 Å². The molecule has 72 valence electrons. The Balaban J connectivity index is 2.34. The van der Waals surface area contributed by atoms with Gasteiger partial charge in [-0.2, -0.15) is 4.98 Å². The summed E-state index contributed by atoms with van der Waals surface area (Å²) in [6.45, 7) is 0. The molecule has 1 aromatic heterocycles. The minimum Gasteiger partial charge on any atom is -0.610 e. The highest BCUT2D eigenvalue weighted by atomic mass is 32.2. The van der Waals surface area contributed by atoms with Crippen molar-refractivity contribution >= 4 is 22.5 Å². The summed E-state index contributed by atoms with van der Waals surface area (Å²) < 4.78 is 11.8. The highest BCUT2D eigenvalue weighted by Crippen LogP contribution is 2.23. The molecule has 1 unspecified atom stereocenters. The predicted octanol–water partition coefficient (Wildman–Crippen LogP) is 2.55. The second kappa shape index (κ2) is 4.13. The summed E-state index contributed by atoms with van der Waals surface area (Å²) in [6, 6.07) is 9.90. The fourth-order valence-corrected chi connectivity index (χ4v) is 2.60. The van der Waals surface area contributed by atoms with Gasteiger partial charge in [0.25, 0.3) is 0 Å². The molecule has 0 bridgehead atoms. The minimum absolute atomic E-state index is 0.684. The zero-order valence-electron chi connectivity index (χ0n) is 7.64. The van der Waals surface area contributed by atoms with E-state index in [1.165, 1.54) is 11.3 Å². The molecule has 0 aliphatic heterocycles. The van der Waals surface area contributed by atoms with Gasteiger partial charge in [0.15, 0.2) is 0 Å². The Labute approximate surface area is 89.8 Å². The lowest BCUT2D eigenvalue weighted by atomic mass is 10.2. The summed E-state index contributed by atoms with van der Waals surface area (Å²) in [6.07, 6.45) is 1.65. The first-order chi connectivity index (χ1) is 6.77. The lowest BCUT2D eigenvalue weighted by Crippen LogP contribution is -1.95. The van der Waals surface area contributed by atoms with Crippen LogP contribution in [0.3, 0.4) is 0 Å². The lowest BCUT2D eigenvalue weighted by molar-refractivity contribution is 0.600. The van der Waals surface area contributed by atoms with Gasteiger partial charge in [0.1, 0.15) is 6.26 Å². The summed E-state index contributed by atoms with van der Waals surface area (Å²) in [7, 11) is 0. The Kier molecular flexibility index (Phi) is 2.86. The molecule has 0 aliphatic carbocycles. The second-order valence-electron chi connectivity index (χ2n) is 2.82. The van der Waals surface area contributed by atoms with Crippen LogP contribution in [0.25, 0.3) is 11.3 Å². The van der Waals surface area contributed by atoms with Crippen molar-refractivity contribution in [2.75, 3.05) is 6.26 Å². The lowest BCUT2D eigenvalue weighted by Gasteiger charge is -1.97. The smallest absolute Gasteiger partial charge is 0.301 e. The van der Waals surface area contributed by atoms with E-state index in [1.54, 1.807) is 6.26 Å². The molecule has 0 spiro atoms. The van der Waals surface area contributed by atoms with Crippen molar-refractivity contribution in [1.82, 2.24) is 4.98 Å². The average Bonchev–Trinajstić information content (AvgIpc) is 2.68. The Morgan fingerprint density at radius 3 is 2.57 bits per heavy atom. The maximum absolute atomic E-state index is 11.1. The van der Waals surface area contributed by atoms with Crippen molar-refractivity contribution in [1.29, 1.82) is 0 Å². The highest BCUT2D eigenvalue weighted by Gasteiger charge is 2.11. The largest absolute Gasteiger partial charge is 0.610 e.